The Hall–Kier alpha value is -5.84. The quantitative estimate of drug-likeness (QED) is 0.0136. The number of phenolic OH excluding ortho intramolecular Hbond substituents is 2. The lowest BCUT2D eigenvalue weighted by atomic mass is 10.0. The number of azo groups is 2. The number of fused-ring (bicyclic) bond motifs is 2. The summed E-state index contributed by atoms with van der Waals surface area (Å²) in [6, 6.07) is 20.3. The third-order valence-electron chi connectivity index (χ3n) is 7.94. The molecule has 0 atom stereocenters. The molecule has 0 aliphatic heterocycles. The van der Waals surface area contributed by atoms with Crippen LogP contribution in [0.1, 0.15) is 0 Å². The van der Waals surface area contributed by atoms with E-state index in [9.17, 15) is 49.1 Å². The molecule has 0 spiro atoms. The monoisotopic (exact) mass is 859 g/mol. The van der Waals surface area contributed by atoms with Crippen molar-refractivity contribution < 1.29 is 63.8 Å². The van der Waals surface area contributed by atoms with Gasteiger partial charge in [-0.25, -0.2) is 5.26 Å². The van der Waals surface area contributed by atoms with Crippen molar-refractivity contribution in [3.63, 3.8) is 0 Å². The third-order valence-corrected chi connectivity index (χ3v) is 11.3. The number of benzene rings is 6. The van der Waals surface area contributed by atoms with Gasteiger partial charge in [0.1, 0.15) is 37.4 Å². The zero-order valence-electron chi connectivity index (χ0n) is 28.1. The molecule has 296 valence electrons. The van der Waals surface area contributed by atoms with Crippen molar-refractivity contribution in [2.45, 2.75) is 19.6 Å². The molecule has 0 unspecified atom stereocenters. The van der Waals surface area contributed by atoms with Crippen molar-refractivity contribution in [3.05, 3.63) is 91.0 Å². The van der Waals surface area contributed by atoms with Crippen LogP contribution in [0.2, 0.25) is 0 Å². The topological polar surface area (TPSA) is 342 Å². The van der Waals surface area contributed by atoms with E-state index in [1.807, 2.05) is 0 Å². The maximum atomic E-state index is 12.9. The second-order valence-corrected chi connectivity index (χ2v) is 16.3. The van der Waals surface area contributed by atoms with Gasteiger partial charge in [-0.1, -0.05) is 35.4 Å². The van der Waals surface area contributed by atoms with E-state index in [4.69, 9.17) is 11.1 Å². The summed E-state index contributed by atoms with van der Waals surface area (Å²) < 4.78 is 109. The SMILES string of the molecule is NNc1c(Nc2ccccc2)ccc2c(O)c(N=Nc3ccc4c(O)c(N=Nc5ccccc5S(=O)(=O)O)c(SOOO)cc4c3S(=O)(=O)O)c(S(=O)(=O)O)cc12. The molecule has 0 aromatic heterocycles. The Kier molecular flexibility index (Phi) is 11.4. The summed E-state index contributed by atoms with van der Waals surface area (Å²) in [6.07, 6.45) is 0. The van der Waals surface area contributed by atoms with Crippen LogP contribution in [-0.4, -0.2) is 54.4 Å². The Morgan fingerprint density at radius 1 is 0.614 bits per heavy atom. The minimum atomic E-state index is -5.33. The summed E-state index contributed by atoms with van der Waals surface area (Å²) in [5, 5.41) is 52.3. The summed E-state index contributed by atoms with van der Waals surface area (Å²) in [5.41, 5.74) is 1.04. The van der Waals surface area contributed by atoms with Crippen LogP contribution in [0, 0.1) is 0 Å². The number of rotatable bonds is 13. The molecule has 10 N–H and O–H groups in total. The summed E-state index contributed by atoms with van der Waals surface area (Å²) in [6.45, 7) is 0. The first kappa shape index (κ1) is 40.8. The fraction of sp³-hybridized carbons (Fsp3) is 0. The van der Waals surface area contributed by atoms with E-state index >= 15 is 0 Å². The van der Waals surface area contributed by atoms with E-state index in [2.05, 4.69) is 40.6 Å². The maximum Gasteiger partial charge on any atom is 0.297 e. The first-order valence-corrected chi connectivity index (χ1v) is 20.4. The molecule has 0 heterocycles. The number of nitrogens with one attached hydrogen (secondary N) is 2. The first-order valence-electron chi connectivity index (χ1n) is 15.4. The van der Waals surface area contributed by atoms with E-state index in [0.717, 1.165) is 36.4 Å². The fourth-order valence-electron chi connectivity index (χ4n) is 5.56. The minimum Gasteiger partial charge on any atom is -0.505 e. The zero-order chi connectivity index (χ0) is 41.3. The third kappa shape index (κ3) is 8.48. The number of aromatic hydroxyl groups is 2. The second kappa shape index (κ2) is 16.0. The molecule has 0 bridgehead atoms. The molecular weight excluding hydrogens is 835 g/mol. The molecule has 0 radical (unpaired) electrons. The molecular formula is C32H25N7O14S4. The van der Waals surface area contributed by atoms with Crippen molar-refractivity contribution in [3.8, 4) is 11.5 Å². The van der Waals surface area contributed by atoms with Crippen LogP contribution in [0.25, 0.3) is 21.5 Å². The Balaban J connectivity index is 1.53. The number of nitrogens with zero attached hydrogens (tertiary/aromatic N) is 4. The van der Waals surface area contributed by atoms with Gasteiger partial charge in [0.15, 0.2) is 11.5 Å². The maximum absolute atomic E-state index is 12.9. The predicted molar refractivity (Wildman–Crippen MR) is 204 cm³/mol. The lowest BCUT2D eigenvalue weighted by molar-refractivity contribution is -0.432. The highest BCUT2D eigenvalue weighted by Crippen LogP contribution is 2.49. The van der Waals surface area contributed by atoms with E-state index in [1.54, 1.807) is 30.3 Å². The highest BCUT2D eigenvalue weighted by molar-refractivity contribution is 7.94. The van der Waals surface area contributed by atoms with Crippen molar-refractivity contribution in [2.24, 2.45) is 26.3 Å². The lowest BCUT2D eigenvalue weighted by Crippen LogP contribution is -2.10. The molecule has 0 amide bonds. The number of nitrogen functional groups attached to an aromatic ring is 1. The fourth-order valence-corrected chi connectivity index (χ4v) is 8.14. The molecule has 0 saturated heterocycles. The molecule has 25 heteroatoms. The van der Waals surface area contributed by atoms with Crippen LogP contribution in [0.5, 0.6) is 11.5 Å². The number of para-hydroxylation sites is 1. The average Bonchev–Trinajstić information content (AvgIpc) is 3.15. The minimum absolute atomic E-state index is 0.00385. The van der Waals surface area contributed by atoms with Gasteiger partial charge in [0.2, 0.25) is 0 Å². The van der Waals surface area contributed by atoms with E-state index in [-0.39, 0.29) is 44.5 Å². The number of anilines is 3. The Morgan fingerprint density at radius 2 is 1.21 bits per heavy atom. The molecule has 0 fully saturated rings. The summed E-state index contributed by atoms with van der Waals surface area (Å²) >= 11 is 0.138. The normalized spacial score (nSPS) is 12.6. The predicted octanol–water partition coefficient (Wildman–Crippen LogP) is 7.43. The Morgan fingerprint density at radius 3 is 1.86 bits per heavy atom. The zero-order valence-corrected chi connectivity index (χ0v) is 31.4. The molecule has 21 nitrogen and oxygen atoms in total. The Bertz CT molecular complexity index is 2970. The molecule has 57 heavy (non-hydrogen) atoms. The molecule has 6 aromatic rings. The van der Waals surface area contributed by atoms with Gasteiger partial charge in [-0.3, -0.25) is 19.5 Å². The van der Waals surface area contributed by atoms with Gasteiger partial charge in [0, 0.05) is 27.2 Å². The van der Waals surface area contributed by atoms with Crippen molar-refractivity contribution in [1.82, 2.24) is 0 Å². The highest BCUT2D eigenvalue weighted by Gasteiger charge is 2.27. The van der Waals surface area contributed by atoms with Crippen molar-refractivity contribution in [1.29, 1.82) is 0 Å². The van der Waals surface area contributed by atoms with Crippen LogP contribution in [0.3, 0.4) is 0 Å². The number of hydrazine groups is 1. The van der Waals surface area contributed by atoms with Crippen LogP contribution in [-0.2, 0) is 39.7 Å². The lowest BCUT2D eigenvalue weighted by Gasteiger charge is -2.17. The molecule has 6 rings (SSSR count). The molecule has 0 aliphatic rings. The van der Waals surface area contributed by atoms with E-state index in [0.29, 0.717) is 11.4 Å². The number of hydrogen-bond acceptors (Lipinski definition) is 19. The van der Waals surface area contributed by atoms with Gasteiger partial charge in [-0.15, -0.1) is 24.8 Å². The van der Waals surface area contributed by atoms with Gasteiger partial charge in [0.25, 0.3) is 30.4 Å². The molecule has 0 aliphatic carbocycles. The van der Waals surface area contributed by atoms with Crippen LogP contribution >= 0.6 is 12.0 Å². The summed E-state index contributed by atoms with van der Waals surface area (Å²) in [5.74, 6) is 4.10. The Labute approximate surface area is 325 Å². The van der Waals surface area contributed by atoms with Crippen molar-refractivity contribution >= 4 is 104 Å². The number of phenols is 2. The van der Waals surface area contributed by atoms with Gasteiger partial charge < -0.3 is 21.0 Å². The average molecular weight is 860 g/mol. The molecule has 0 saturated carbocycles. The summed E-state index contributed by atoms with van der Waals surface area (Å²) in [4.78, 5) is -3.04. The van der Waals surface area contributed by atoms with Crippen LogP contribution in [0.15, 0.2) is 131 Å². The van der Waals surface area contributed by atoms with E-state index < -0.39 is 79.0 Å². The van der Waals surface area contributed by atoms with Gasteiger partial charge in [-0.2, -0.15) is 25.3 Å². The number of hydrogen-bond donors (Lipinski definition) is 9. The summed E-state index contributed by atoms with van der Waals surface area (Å²) in [7, 11) is -15.3. The molecule has 6 aromatic carbocycles. The smallest absolute Gasteiger partial charge is 0.297 e. The second-order valence-electron chi connectivity index (χ2n) is 11.4. The van der Waals surface area contributed by atoms with Crippen LogP contribution in [0.4, 0.5) is 39.8 Å². The standard InChI is InChI=1S/C32H25N7O14S4/c33-35-27-19-15-26(56(46,47)48)29(31(41)17(19)10-12-22(27)34-16-6-2-1-3-7-16)39-37-23-13-11-18-20(32(23)57(49,50)51)14-24(54-53-52-42)28(30(18)40)38-36-21-8-4-5-9-25(21)55(43,44)45/h1-15,34-35,40-42H,33H2,(H,43,44,45)(H,46,47,48)(H,49,50,51). The highest BCUT2D eigenvalue weighted by atomic mass is 32.2. The van der Waals surface area contributed by atoms with Crippen LogP contribution < -0.4 is 16.6 Å². The van der Waals surface area contributed by atoms with E-state index in [1.165, 1.54) is 24.3 Å². The number of nitrogens with two attached hydrogens (primary N) is 1. The van der Waals surface area contributed by atoms with Gasteiger partial charge in [0.05, 0.1) is 28.3 Å². The van der Waals surface area contributed by atoms with Gasteiger partial charge >= 0.3 is 0 Å². The largest absolute Gasteiger partial charge is 0.505 e. The van der Waals surface area contributed by atoms with Gasteiger partial charge in [-0.05, 0) is 60.7 Å². The van der Waals surface area contributed by atoms with Crippen molar-refractivity contribution in [2.75, 3.05) is 10.7 Å². The first-order chi connectivity index (χ1) is 26.9.